The van der Waals surface area contributed by atoms with Crippen LogP contribution in [-0.4, -0.2) is 21.8 Å². The maximum Gasteiger partial charge on any atom is 0.0931 e. The van der Waals surface area contributed by atoms with E-state index in [1.807, 2.05) is 43.0 Å². The van der Waals surface area contributed by atoms with E-state index in [0.717, 1.165) is 28.1 Å². The van der Waals surface area contributed by atoms with Crippen LogP contribution in [0.4, 0.5) is 0 Å². The molecule has 0 spiro atoms. The minimum Gasteiger partial charge on any atom is -0.307 e. The molecule has 0 bridgehead atoms. The predicted octanol–water partition coefficient (Wildman–Crippen LogP) is 2.68. The smallest absolute Gasteiger partial charge is 0.0931 e. The first-order valence-corrected chi connectivity index (χ1v) is 6.78. The Morgan fingerprint density at radius 2 is 2.22 bits per heavy atom. The van der Waals surface area contributed by atoms with Crippen LogP contribution in [0.1, 0.15) is 30.0 Å². The number of nitrogens with one attached hydrogen (secondary N) is 1. The van der Waals surface area contributed by atoms with Gasteiger partial charge in [0.15, 0.2) is 0 Å². The number of pyridine rings is 1. The van der Waals surface area contributed by atoms with E-state index in [1.54, 1.807) is 0 Å². The van der Waals surface area contributed by atoms with Crippen LogP contribution in [0.15, 0.2) is 28.9 Å². The first-order chi connectivity index (χ1) is 8.67. The van der Waals surface area contributed by atoms with E-state index in [0.29, 0.717) is 0 Å². The van der Waals surface area contributed by atoms with Crippen LogP contribution in [0.5, 0.6) is 0 Å². The lowest BCUT2D eigenvalue weighted by Crippen LogP contribution is -2.23. The molecule has 1 atom stereocenters. The second-order valence-electron chi connectivity index (χ2n) is 4.12. The molecule has 0 saturated carbocycles. The summed E-state index contributed by atoms with van der Waals surface area (Å²) in [4.78, 5) is 4.59. The van der Waals surface area contributed by atoms with E-state index in [1.165, 1.54) is 0 Å². The molecule has 0 aliphatic carbocycles. The molecule has 96 valence electrons. The summed E-state index contributed by atoms with van der Waals surface area (Å²) in [7, 11) is 1.94. The molecular formula is C13H17BrN4. The molecule has 0 amide bonds. The van der Waals surface area contributed by atoms with E-state index in [4.69, 9.17) is 0 Å². The average molecular weight is 309 g/mol. The number of aromatic nitrogens is 3. The second kappa shape index (κ2) is 5.63. The highest BCUT2D eigenvalue weighted by atomic mass is 79.9. The van der Waals surface area contributed by atoms with Gasteiger partial charge in [-0.05, 0) is 49.0 Å². The van der Waals surface area contributed by atoms with E-state index >= 15 is 0 Å². The van der Waals surface area contributed by atoms with Crippen molar-refractivity contribution >= 4 is 15.9 Å². The highest BCUT2D eigenvalue weighted by molar-refractivity contribution is 9.10. The Morgan fingerprint density at radius 3 is 2.83 bits per heavy atom. The normalized spacial score (nSPS) is 12.7. The number of hydrogen-bond acceptors (Lipinski definition) is 3. The van der Waals surface area contributed by atoms with Gasteiger partial charge >= 0.3 is 0 Å². The minimum absolute atomic E-state index is 0.0433. The van der Waals surface area contributed by atoms with Gasteiger partial charge in [0.2, 0.25) is 0 Å². The van der Waals surface area contributed by atoms with Crippen LogP contribution < -0.4 is 5.32 Å². The summed E-state index contributed by atoms with van der Waals surface area (Å²) in [6.07, 6.45) is 1.83. The summed E-state index contributed by atoms with van der Waals surface area (Å²) < 4.78 is 2.99. The van der Waals surface area contributed by atoms with Gasteiger partial charge in [-0.25, -0.2) is 0 Å². The van der Waals surface area contributed by atoms with Crippen molar-refractivity contribution in [1.82, 2.24) is 20.1 Å². The highest BCUT2D eigenvalue weighted by Crippen LogP contribution is 2.27. The lowest BCUT2D eigenvalue weighted by molar-refractivity contribution is 0.553. The average Bonchev–Trinajstić information content (AvgIpc) is 2.72. The van der Waals surface area contributed by atoms with Gasteiger partial charge in [0.25, 0.3) is 0 Å². The van der Waals surface area contributed by atoms with Crippen LogP contribution in [0.3, 0.4) is 0 Å². The van der Waals surface area contributed by atoms with Crippen molar-refractivity contribution < 1.29 is 0 Å². The van der Waals surface area contributed by atoms with E-state index in [9.17, 15) is 0 Å². The molecule has 1 unspecified atom stereocenters. The van der Waals surface area contributed by atoms with Gasteiger partial charge in [-0.2, -0.15) is 5.10 Å². The Hall–Kier alpha value is -1.20. The summed E-state index contributed by atoms with van der Waals surface area (Å²) in [6, 6.07) is 6.11. The van der Waals surface area contributed by atoms with E-state index in [2.05, 4.69) is 38.3 Å². The van der Waals surface area contributed by atoms with Crippen molar-refractivity contribution in [2.45, 2.75) is 26.4 Å². The quantitative estimate of drug-likeness (QED) is 0.944. The van der Waals surface area contributed by atoms with Gasteiger partial charge in [0, 0.05) is 12.2 Å². The number of hydrogen-bond donors (Lipinski definition) is 1. The fraction of sp³-hybridized carbons (Fsp3) is 0.385. The molecule has 2 heterocycles. The third-order valence-corrected chi connectivity index (χ3v) is 3.51. The summed E-state index contributed by atoms with van der Waals surface area (Å²) in [5.74, 6) is 0. The van der Waals surface area contributed by atoms with Gasteiger partial charge < -0.3 is 5.32 Å². The van der Waals surface area contributed by atoms with Gasteiger partial charge in [0.1, 0.15) is 0 Å². The van der Waals surface area contributed by atoms with Gasteiger partial charge in [-0.3, -0.25) is 9.67 Å². The lowest BCUT2D eigenvalue weighted by Gasteiger charge is -2.18. The summed E-state index contributed by atoms with van der Waals surface area (Å²) >= 11 is 3.56. The maximum atomic E-state index is 4.59. The molecular weight excluding hydrogens is 292 g/mol. The number of halogens is 1. The van der Waals surface area contributed by atoms with Crippen molar-refractivity contribution in [3.8, 4) is 0 Å². The zero-order chi connectivity index (χ0) is 13.1. The minimum atomic E-state index is 0.0433. The number of aryl methyl sites for hydroxylation is 2. The topological polar surface area (TPSA) is 42.7 Å². The largest absolute Gasteiger partial charge is 0.307 e. The predicted molar refractivity (Wildman–Crippen MR) is 75.5 cm³/mol. The molecule has 0 aliphatic rings. The van der Waals surface area contributed by atoms with Crippen LogP contribution in [0.2, 0.25) is 0 Å². The van der Waals surface area contributed by atoms with Crippen LogP contribution >= 0.6 is 15.9 Å². The van der Waals surface area contributed by atoms with Gasteiger partial charge in [-0.1, -0.05) is 6.07 Å². The number of nitrogens with zero attached hydrogens (tertiary/aromatic N) is 3. The Kier molecular flexibility index (Phi) is 4.14. The first-order valence-electron chi connectivity index (χ1n) is 5.99. The van der Waals surface area contributed by atoms with Crippen molar-refractivity contribution in [3.63, 3.8) is 0 Å². The third-order valence-electron chi connectivity index (χ3n) is 2.90. The van der Waals surface area contributed by atoms with Crippen molar-refractivity contribution in [1.29, 1.82) is 0 Å². The SMILES string of the molecule is CCn1ncc(Br)c1C(NC)c1cccc(C)n1. The molecule has 0 aliphatic heterocycles. The summed E-state index contributed by atoms with van der Waals surface area (Å²) in [5.41, 5.74) is 3.14. The van der Waals surface area contributed by atoms with Crippen molar-refractivity contribution in [3.05, 3.63) is 46.0 Å². The lowest BCUT2D eigenvalue weighted by atomic mass is 10.1. The Balaban J connectivity index is 2.48. The number of rotatable bonds is 4. The molecule has 1 N–H and O–H groups in total. The fourth-order valence-corrected chi connectivity index (χ4v) is 2.59. The van der Waals surface area contributed by atoms with Crippen LogP contribution in [-0.2, 0) is 6.54 Å². The maximum absolute atomic E-state index is 4.59. The molecule has 2 aromatic rings. The summed E-state index contributed by atoms with van der Waals surface area (Å²) in [6.45, 7) is 4.92. The monoisotopic (exact) mass is 308 g/mol. The molecule has 0 saturated heterocycles. The Morgan fingerprint density at radius 1 is 1.44 bits per heavy atom. The van der Waals surface area contributed by atoms with Crippen molar-refractivity contribution in [2.24, 2.45) is 0 Å². The Labute approximate surface area is 116 Å². The molecule has 5 heteroatoms. The van der Waals surface area contributed by atoms with Gasteiger partial charge in [-0.15, -0.1) is 0 Å². The fourth-order valence-electron chi connectivity index (χ4n) is 2.06. The van der Waals surface area contributed by atoms with Crippen LogP contribution in [0, 0.1) is 6.92 Å². The zero-order valence-corrected chi connectivity index (χ0v) is 12.4. The zero-order valence-electron chi connectivity index (χ0n) is 10.8. The highest BCUT2D eigenvalue weighted by Gasteiger charge is 2.21. The van der Waals surface area contributed by atoms with Gasteiger partial charge in [0.05, 0.1) is 28.1 Å². The van der Waals surface area contributed by atoms with Crippen LogP contribution in [0.25, 0.3) is 0 Å². The molecule has 0 aromatic carbocycles. The summed E-state index contributed by atoms with van der Waals surface area (Å²) in [5, 5.41) is 7.66. The Bertz CT molecular complexity index is 536. The molecule has 2 aromatic heterocycles. The van der Waals surface area contributed by atoms with Crippen molar-refractivity contribution in [2.75, 3.05) is 7.05 Å². The molecule has 0 radical (unpaired) electrons. The molecule has 4 nitrogen and oxygen atoms in total. The third kappa shape index (κ3) is 2.47. The molecule has 0 fully saturated rings. The molecule has 18 heavy (non-hydrogen) atoms. The second-order valence-corrected chi connectivity index (χ2v) is 4.97. The standard InChI is InChI=1S/C13H17BrN4/c1-4-18-13(10(14)8-16-18)12(15-3)11-7-5-6-9(2)17-11/h5-8,12,15H,4H2,1-3H3. The first kappa shape index (κ1) is 13.2. The molecule has 2 rings (SSSR count). The van der Waals surface area contributed by atoms with E-state index in [-0.39, 0.29) is 6.04 Å². The van der Waals surface area contributed by atoms with E-state index < -0.39 is 0 Å².